The van der Waals surface area contributed by atoms with Gasteiger partial charge in [-0.15, -0.1) is 0 Å². The number of nitrogens with zero attached hydrogens (tertiary/aromatic N) is 2. The maximum absolute atomic E-state index is 11.5. The first-order valence-electron chi connectivity index (χ1n) is 6.59. The van der Waals surface area contributed by atoms with Crippen molar-refractivity contribution in [2.45, 2.75) is 32.3 Å². The van der Waals surface area contributed by atoms with Crippen LogP contribution in [0.15, 0.2) is 34.9 Å². The number of Topliss-reactive ketones (excluding diaryl/α,β-unsaturated/α-hetero) is 1. The monoisotopic (exact) mass is 274 g/mol. The summed E-state index contributed by atoms with van der Waals surface area (Å²) in [6, 6.07) is 9.65. The molecule has 5 nitrogen and oxygen atoms in total. The molecule has 0 saturated heterocycles. The van der Waals surface area contributed by atoms with Crippen molar-refractivity contribution in [1.82, 2.24) is 10.1 Å². The zero-order valence-electron chi connectivity index (χ0n) is 11.9. The summed E-state index contributed by atoms with van der Waals surface area (Å²) in [5, 5.41) is 3.95. The molecule has 0 aliphatic rings. The van der Waals surface area contributed by atoms with Crippen molar-refractivity contribution in [3.63, 3.8) is 0 Å². The van der Waals surface area contributed by atoms with Crippen molar-refractivity contribution in [3.05, 3.63) is 47.6 Å². The predicted octanol–water partition coefficient (Wildman–Crippen LogP) is 2.89. The van der Waals surface area contributed by atoms with Crippen LogP contribution in [-0.4, -0.2) is 23.0 Å². The Balaban J connectivity index is 2.29. The Morgan fingerprint density at radius 2 is 2.05 bits per heavy atom. The molecule has 0 N–H and O–H groups in total. The van der Waals surface area contributed by atoms with Gasteiger partial charge in [-0.3, -0.25) is 4.79 Å². The molecule has 20 heavy (non-hydrogen) atoms. The quantitative estimate of drug-likeness (QED) is 0.810. The van der Waals surface area contributed by atoms with Crippen LogP contribution >= 0.6 is 0 Å². The molecule has 2 unspecified atom stereocenters. The Kier molecular flexibility index (Phi) is 4.63. The van der Waals surface area contributed by atoms with Crippen LogP contribution in [0.3, 0.4) is 0 Å². The van der Waals surface area contributed by atoms with Crippen molar-refractivity contribution < 1.29 is 14.1 Å². The SMILES string of the molecule is CCC(C(C)=O)c1nc(C(OC)c2ccccc2)no1. The Bertz CT molecular complexity index is 566. The summed E-state index contributed by atoms with van der Waals surface area (Å²) in [5.74, 6) is 0.474. The van der Waals surface area contributed by atoms with Crippen LogP contribution in [0.25, 0.3) is 0 Å². The van der Waals surface area contributed by atoms with E-state index in [0.717, 1.165) is 5.56 Å². The van der Waals surface area contributed by atoms with E-state index in [0.29, 0.717) is 18.1 Å². The number of methoxy groups -OCH3 is 1. The molecule has 106 valence electrons. The van der Waals surface area contributed by atoms with Gasteiger partial charge in [-0.2, -0.15) is 4.98 Å². The highest BCUT2D eigenvalue weighted by Crippen LogP contribution is 2.25. The molecule has 0 spiro atoms. The molecule has 1 heterocycles. The molecule has 0 bridgehead atoms. The molecule has 0 saturated carbocycles. The van der Waals surface area contributed by atoms with Crippen LogP contribution in [0.4, 0.5) is 0 Å². The van der Waals surface area contributed by atoms with Crippen LogP contribution in [0.5, 0.6) is 0 Å². The second-order valence-corrected chi connectivity index (χ2v) is 4.59. The molecule has 2 rings (SSSR count). The van der Waals surface area contributed by atoms with E-state index >= 15 is 0 Å². The Labute approximate surface area is 118 Å². The number of carbonyl (C=O) groups excluding carboxylic acids is 1. The minimum Gasteiger partial charge on any atom is -0.369 e. The third-order valence-electron chi connectivity index (χ3n) is 3.23. The second-order valence-electron chi connectivity index (χ2n) is 4.59. The van der Waals surface area contributed by atoms with Gasteiger partial charge in [0.15, 0.2) is 0 Å². The van der Waals surface area contributed by atoms with Crippen molar-refractivity contribution in [1.29, 1.82) is 0 Å². The molecule has 0 fully saturated rings. The zero-order valence-corrected chi connectivity index (χ0v) is 11.9. The highest BCUT2D eigenvalue weighted by molar-refractivity contribution is 5.82. The lowest BCUT2D eigenvalue weighted by Crippen LogP contribution is -2.09. The third-order valence-corrected chi connectivity index (χ3v) is 3.23. The lowest BCUT2D eigenvalue weighted by molar-refractivity contribution is -0.119. The van der Waals surface area contributed by atoms with Crippen molar-refractivity contribution >= 4 is 5.78 Å². The lowest BCUT2D eigenvalue weighted by atomic mass is 10.0. The average Bonchev–Trinajstić information content (AvgIpc) is 2.90. The maximum Gasteiger partial charge on any atom is 0.237 e. The van der Waals surface area contributed by atoms with Gasteiger partial charge in [-0.1, -0.05) is 42.4 Å². The number of hydrogen-bond acceptors (Lipinski definition) is 5. The van der Waals surface area contributed by atoms with E-state index in [1.807, 2.05) is 37.3 Å². The summed E-state index contributed by atoms with van der Waals surface area (Å²) in [7, 11) is 1.59. The Morgan fingerprint density at radius 3 is 2.60 bits per heavy atom. The van der Waals surface area contributed by atoms with E-state index in [1.54, 1.807) is 7.11 Å². The van der Waals surface area contributed by atoms with Crippen molar-refractivity contribution in [2.75, 3.05) is 7.11 Å². The number of carbonyl (C=O) groups is 1. The number of benzene rings is 1. The highest BCUT2D eigenvalue weighted by atomic mass is 16.5. The molecule has 0 amide bonds. The van der Waals surface area contributed by atoms with E-state index in [4.69, 9.17) is 9.26 Å². The van der Waals surface area contributed by atoms with Crippen molar-refractivity contribution in [3.8, 4) is 0 Å². The smallest absolute Gasteiger partial charge is 0.237 e. The van der Waals surface area contributed by atoms with Crippen LogP contribution in [0.2, 0.25) is 0 Å². The highest BCUT2D eigenvalue weighted by Gasteiger charge is 2.25. The molecular formula is C15H18N2O3. The fourth-order valence-electron chi connectivity index (χ4n) is 2.15. The van der Waals surface area contributed by atoms with Gasteiger partial charge in [-0.25, -0.2) is 0 Å². The van der Waals surface area contributed by atoms with Gasteiger partial charge in [0.1, 0.15) is 11.9 Å². The maximum atomic E-state index is 11.5. The predicted molar refractivity (Wildman–Crippen MR) is 73.3 cm³/mol. The minimum atomic E-state index is -0.391. The molecule has 0 aliphatic heterocycles. The summed E-state index contributed by atoms with van der Waals surface area (Å²) in [6.07, 6.45) is 0.248. The van der Waals surface area contributed by atoms with Gasteiger partial charge in [-0.05, 0) is 18.9 Å². The molecule has 0 aliphatic carbocycles. The molecule has 1 aromatic carbocycles. The lowest BCUT2D eigenvalue weighted by Gasteiger charge is -2.11. The van der Waals surface area contributed by atoms with Crippen LogP contribution in [0.1, 0.15) is 49.6 Å². The van der Waals surface area contributed by atoms with E-state index < -0.39 is 6.10 Å². The second kappa shape index (κ2) is 6.43. The first-order valence-corrected chi connectivity index (χ1v) is 6.59. The Hall–Kier alpha value is -2.01. The molecule has 2 aromatic rings. The minimum absolute atomic E-state index is 0.0244. The molecule has 2 atom stereocenters. The summed E-state index contributed by atoms with van der Waals surface area (Å²) in [6.45, 7) is 3.45. The standard InChI is InChI=1S/C15H18N2O3/c1-4-12(10(2)18)15-16-14(17-20-15)13(19-3)11-8-6-5-7-9-11/h5-9,12-13H,4H2,1-3H3. The Morgan fingerprint density at radius 1 is 1.35 bits per heavy atom. The van der Waals surface area contributed by atoms with Gasteiger partial charge in [0.2, 0.25) is 11.7 Å². The fraction of sp³-hybridized carbons (Fsp3) is 0.400. The van der Waals surface area contributed by atoms with Gasteiger partial charge < -0.3 is 9.26 Å². The van der Waals surface area contributed by atoms with Crippen molar-refractivity contribution in [2.24, 2.45) is 0 Å². The topological polar surface area (TPSA) is 65.2 Å². The fourth-order valence-corrected chi connectivity index (χ4v) is 2.15. The molecule has 5 heteroatoms. The number of ether oxygens (including phenoxy) is 1. The van der Waals surface area contributed by atoms with E-state index in [9.17, 15) is 4.79 Å². The average molecular weight is 274 g/mol. The van der Waals surface area contributed by atoms with Crippen LogP contribution in [0, 0.1) is 0 Å². The summed E-state index contributed by atoms with van der Waals surface area (Å²) in [5.41, 5.74) is 0.943. The first kappa shape index (κ1) is 14.4. The van der Waals surface area contributed by atoms with Gasteiger partial charge in [0.25, 0.3) is 0 Å². The van der Waals surface area contributed by atoms with Gasteiger partial charge in [0.05, 0.1) is 5.92 Å². The van der Waals surface area contributed by atoms with Gasteiger partial charge >= 0.3 is 0 Å². The molecule has 0 radical (unpaired) electrons. The summed E-state index contributed by atoms with van der Waals surface area (Å²) >= 11 is 0. The number of hydrogen-bond donors (Lipinski definition) is 0. The van der Waals surface area contributed by atoms with Crippen LogP contribution < -0.4 is 0 Å². The van der Waals surface area contributed by atoms with Gasteiger partial charge in [0, 0.05) is 7.11 Å². The largest absolute Gasteiger partial charge is 0.369 e. The number of ketones is 1. The zero-order chi connectivity index (χ0) is 14.5. The number of rotatable bonds is 6. The van der Waals surface area contributed by atoms with E-state index in [2.05, 4.69) is 10.1 Å². The van der Waals surface area contributed by atoms with E-state index in [1.165, 1.54) is 6.92 Å². The number of aromatic nitrogens is 2. The summed E-state index contributed by atoms with van der Waals surface area (Å²) < 4.78 is 10.7. The van der Waals surface area contributed by atoms with Crippen LogP contribution in [-0.2, 0) is 9.53 Å². The normalized spacial score (nSPS) is 13.9. The first-order chi connectivity index (χ1) is 9.67. The third kappa shape index (κ3) is 2.93. The summed E-state index contributed by atoms with van der Waals surface area (Å²) in [4.78, 5) is 15.9. The molecular weight excluding hydrogens is 256 g/mol. The van der Waals surface area contributed by atoms with E-state index in [-0.39, 0.29) is 11.7 Å². The molecule has 1 aromatic heterocycles.